The van der Waals surface area contributed by atoms with Gasteiger partial charge < -0.3 is 14.4 Å². The zero-order chi connectivity index (χ0) is 20.6. The van der Waals surface area contributed by atoms with Gasteiger partial charge in [-0.3, -0.25) is 9.78 Å². The first-order valence-electron chi connectivity index (χ1n) is 9.35. The molecule has 0 N–H and O–H groups in total. The molecule has 0 aliphatic rings. The van der Waals surface area contributed by atoms with E-state index in [1.54, 1.807) is 42.5 Å². The fourth-order valence-corrected chi connectivity index (χ4v) is 3.09. The lowest BCUT2D eigenvalue weighted by Crippen LogP contribution is -2.26. The van der Waals surface area contributed by atoms with Crippen LogP contribution in [0.5, 0.6) is 11.5 Å². The molecule has 150 valence electrons. The summed E-state index contributed by atoms with van der Waals surface area (Å²) >= 11 is 3.42. The molecule has 6 heteroatoms. The summed E-state index contributed by atoms with van der Waals surface area (Å²) in [5.41, 5.74) is 2.63. The van der Waals surface area contributed by atoms with E-state index >= 15 is 0 Å². The van der Waals surface area contributed by atoms with Crippen LogP contribution in [0, 0.1) is 0 Å². The van der Waals surface area contributed by atoms with Crippen LogP contribution in [0.4, 0.5) is 0 Å². The summed E-state index contributed by atoms with van der Waals surface area (Å²) in [4.78, 5) is 18.6. The molecular formula is C23H23BrN2O3. The van der Waals surface area contributed by atoms with Crippen LogP contribution in [0.2, 0.25) is 0 Å². The molecule has 0 saturated carbocycles. The van der Waals surface area contributed by atoms with Crippen LogP contribution in [0.3, 0.4) is 0 Å². The third-order valence-electron chi connectivity index (χ3n) is 4.31. The highest BCUT2D eigenvalue weighted by molar-refractivity contribution is 9.10. The lowest BCUT2D eigenvalue weighted by Gasteiger charge is -2.19. The largest absolute Gasteiger partial charge is 0.490 e. The van der Waals surface area contributed by atoms with Gasteiger partial charge in [0.15, 0.2) is 11.5 Å². The molecule has 0 fully saturated rings. The van der Waals surface area contributed by atoms with Gasteiger partial charge in [-0.05, 0) is 60.5 Å². The summed E-state index contributed by atoms with van der Waals surface area (Å²) in [5.74, 6) is 1.09. The third-order valence-corrected chi connectivity index (χ3v) is 4.84. The van der Waals surface area contributed by atoms with Crippen molar-refractivity contribution in [3.8, 4) is 11.5 Å². The molecule has 0 spiro atoms. The first-order chi connectivity index (χ1) is 14.1. The molecule has 3 rings (SSSR count). The number of rotatable bonds is 8. The Morgan fingerprint density at radius 3 is 2.38 bits per heavy atom. The van der Waals surface area contributed by atoms with Crippen molar-refractivity contribution >= 4 is 21.8 Å². The number of benzene rings is 2. The number of hydrogen-bond donors (Lipinski definition) is 0. The first-order valence-corrected chi connectivity index (χ1v) is 10.1. The molecular weight excluding hydrogens is 432 g/mol. The molecule has 0 bridgehead atoms. The second kappa shape index (κ2) is 10.1. The molecule has 3 aromatic rings. The van der Waals surface area contributed by atoms with Crippen molar-refractivity contribution in [1.82, 2.24) is 9.88 Å². The van der Waals surface area contributed by atoms with Gasteiger partial charge in [-0.2, -0.15) is 0 Å². The summed E-state index contributed by atoms with van der Waals surface area (Å²) in [6.07, 6.45) is 3.45. The second-order valence-electron chi connectivity index (χ2n) is 6.53. The molecule has 0 atom stereocenters. The van der Waals surface area contributed by atoms with Gasteiger partial charge in [0, 0.05) is 36.0 Å². The molecule has 1 heterocycles. The highest BCUT2D eigenvalue weighted by Crippen LogP contribution is 2.30. The quantitative estimate of drug-likeness (QED) is 0.475. The normalized spacial score (nSPS) is 10.4. The van der Waals surface area contributed by atoms with E-state index in [0.717, 1.165) is 15.6 Å². The maximum absolute atomic E-state index is 12.9. The van der Waals surface area contributed by atoms with Crippen LogP contribution in [-0.2, 0) is 13.2 Å². The van der Waals surface area contributed by atoms with Crippen molar-refractivity contribution in [2.24, 2.45) is 0 Å². The molecule has 1 amide bonds. The maximum Gasteiger partial charge on any atom is 0.254 e. The number of amides is 1. The second-order valence-corrected chi connectivity index (χ2v) is 7.44. The van der Waals surface area contributed by atoms with Crippen molar-refractivity contribution in [3.63, 3.8) is 0 Å². The van der Waals surface area contributed by atoms with Crippen LogP contribution in [-0.4, -0.2) is 29.4 Å². The molecule has 0 saturated heterocycles. The predicted octanol–water partition coefficient (Wildman–Crippen LogP) is 5.09. The number of carbonyl (C=O) groups is 1. The zero-order valence-corrected chi connectivity index (χ0v) is 18.1. The van der Waals surface area contributed by atoms with Crippen molar-refractivity contribution in [1.29, 1.82) is 0 Å². The number of aromatic nitrogens is 1. The Hall–Kier alpha value is -2.86. The number of halogens is 1. The maximum atomic E-state index is 12.9. The van der Waals surface area contributed by atoms with Crippen LogP contribution in [0.15, 0.2) is 71.5 Å². The summed E-state index contributed by atoms with van der Waals surface area (Å²) in [6.45, 7) is 3.31. The number of nitrogens with zero attached hydrogens (tertiary/aromatic N) is 2. The number of hydrogen-bond acceptors (Lipinski definition) is 4. The minimum absolute atomic E-state index is 0.0745. The van der Waals surface area contributed by atoms with E-state index in [0.29, 0.717) is 36.8 Å². The van der Waals surface area contributed by atoms with Gasteiger partial charge in [-0.1, -0.05) is 28.1 Å². The molecule has 0 aliphatic carbocycles. The van der Waals surface area contributed by atoms with Crippen molar-refractivity contribution in [2.75, 3.05) is 13.7 Å². The molecule has 1 aromatic heterocycles. The molecule has 0 aliphatic heterocycles. The molecule has 29 heavy (non-hydrogen) atoms. The van der Waals surface area contributed by atoms with E-state index in [9.17, 15) is 4.79 Å². The van der Waals surface area contributed by atoms with E-state index in [4.69, 9.17) is 9.47 Å². The highest BCUT2D eigenvalue weighted by atomic mass is 79.9. The summed E-state index contributed by atoms with van der Waals surface area (Å²) in [6, 6.07) is 17.0. The average Bonchev–Trinajstić information content (AvgIpc) is 2.75. The number of ether oxygens (including phenoxy) is 2. The van der Waals surface area contributed by atoms with E-state index < -0.39 is 0 Å². The fourth-order valence-electron chi connectivity index (χ4n) is 2.82. The lowest BCUT2D eigenvalue weighted by molar-refractivity contribution is 0.0784. The van der Waals surface area contributed by atoms with Crippen molar-refractivity contribution in [2.45, 2.75) is 20.1 Å². The Balaban J connectivity index is 1.72. The Bertz CT molecular complexity index is 946. The number of carbonyl (C=O) groups excluding carboxylic acids is 1. The highest BCUT2D eigenvalue weighted by Gasteiger charge is 2.16. The van der Waals surface area contributed by atoms with Gasteiger partial charge in [0.05, 0.1) is 6.61 Å². The molecule has 2 aromatic carbocycles. The standard InChI is InChI=1S/C23H23BrN2O3/c1-3-28-22-14-19(6-9-21(22)29-16-18-10-12-25-13-11-18)23(27)26(2)15-17-4-7-20(24)8-5-17/h4-14H,3,15-16H2,1-2H3. The van der Waals surface area contributed by atoms with E-state index in [1.807, 2.05) is 43.3 Å². The molecule has 5 nitrogen and oxygen atoms in total. The smallest absolute Gasteiger partial charge is 0.254 e. The van der Waals surface area contributed by atoms with Crippen molar-refractivity contribution < 1.29 is 14.3 Å². The van der Waals surface area contributed by atoms with Crippen LogP contribution >= 0.6 is 15.9 Å². The van der Waals surface area contributed by atoms with Crippen LogP contribution in [0.1, 0.15) is 28.4 Å². The van der Waals surface area contributed by atoms with Gasteiger partial charge >= 0.3 is 0 Å². The first kappa shape index (κ1) is 20.9. The van der Waals surface area contributed by atoms with Gasteiger partial charge in [-0.25, -0.2) is 0 Å². The topological polar surface area (TPSA) is 51.7 Å². The van der Waals surface area contributed by atoms with Crippen LogP contribution < -0.4 is 9.47 Å². The minimum atomic E-state index is -0.0745. The minimum Gasteiger partial charge on any atom is -0.490 e. The molecule has 0 unspecified atom stereocenters. The van der Waals surface area contributed by atoms with E-state index in [-0.39, 0.29) is 5.91 Å². The molecule has 0 radical (unpaired) electrons. The Kier molecular flexibility index (Phi) is 7.25. The van der Waals surface area contributed by atoms with E-state index in [2.05, 4.69) is 20.9 Å². The van der Waals surface area contributed by atoms with Gasteiger partial charge in [0.1, 0.15) is 6.61 Å². The SMILES string of the molecule is CCOc1cc(C(=O)N(C)Cc2ccc(Br)cc2)ccc1OCc1ccncc1. The Morgan fingerprint density at radius 1 is 0.966 bits per heavy atom. The third kappa shape index (κ3) is 5.81. The van der Waals surface area contributed by atoms with Gasteiger partial charge in [0.2, 0.25) is 0 Å². The monoisotopic (exact) mass is 454 g/mol. The average molecular weight is 455 g/mol. The Morgan fingerprint density at radius 2 is 1.69 bits per heavy atom. The van der Waals surface area contributed by atoms with Crippen LogP contribution in [0.25, 0.3) is 0 Å². The lowest BCUT2D eigenvalue weighted by atomic mass is 10.1. The zero-order valence-electron chi connectivity index (χ0n) is 16.5. The van der Waals surface area contributed by atoms with E-state index in [1.165, 1.54) is 0 Å². The Labute approximate surface area is 179 Å². The van der Waals surface area contributed by atoms with Gasteiger partial charge in [0.25, 0.3) is 5.91 Å². The van der Waals surface area contributed by atoms with Crippen molar-refractivity contribution in [3.05, 3.63) is 88.2 Å². The predicted molar refractivity (Wildman–Crippen MR) is 116 cm³/mol. The number of pyridine rings is 1. The summed E-state index contributed by atoms with van der Waals surface area (Å²) in [5, 5.41) is 0. The summed E-state index contributed by atoms with van der Waals surface area (Å²) < 4.78 is 12.6. The summed E-state index contributed by atoms with van der Waals surface area (Å²) in [7, 11) is 1.79. The van der Waals surface area contributed by atoms with Gasteiger partial charge in [-0.15, -0.1) is 0 Å². The fraction of sp³-hybridized carbons (Fsp3) is 0.217.